The van der Waals surface area contributed by atoms with Gasteiger partial charge in [-0.1, -0.05) is 18.2 Å². The van der Waals surface area contributed by atoms with Crippen LogP contribution in [0.4, 0.5) is 22.7 Å². The van der Waals surface area contributed by atoms with E-state index in [1.807, 2.05) is 20.2 Å². The van der Waals surface area contributed by atoms with E-state index in [9.17, 15) is 0 Å². The summed E-state index contributed by atoms with van der Waals surface area (Å²) < 4.78 is 0. The third-order valence-electron chi connectivity index (χ3n) is 3.03. The molecular formula is C16H21N3. The summed E-state index contributed by atoms with van der Waals surface area (Å²) in [5.41, 5.74) is 4.58. The second-order valence-corrected chi connectivity index (χ2v) is 4.98. The van der Waals surface area contributed by atoms with Crippen LogP contribution in [0.2, 0.25) is 0 Å². The highest BCUT2D eigenvalue weighted by Crippen LogP contribution is 2.28. The minimum absolute atomic E-state index is 1.10. The average molecular weight is 255 g/mol. The molecule has 3 nitrogen and oxygen atoms in total. The molecule has 100 valence electrons. The van der Waals surface area contributed by atoms with Crippen LogP contribution in [0.25, 0.3) is 0 Å². The molecule has 0 aliphatic heterocycles. The first kappa shape index (κ1) is 13.3. The van der Waals surface area contributed by atoms with E-state index in [1.54, 1.807) is 0 Å². The number of rotatable bonds is 4. The van der Waals surface area contributed by atoms with Crippen molar-refractivity contribution in [1.29, 1.82) is 0 Å². The lowest BCUT2D eigenvalue weighted by Crippen LogP contribution is -2.11. The average Bonchev–Trinajstić information content (AvgIpc) is 2.39. The molecular weight excluding hydrogens is 234 g/mol. The van der Waals surface area contributed by atoms with Crippen LogP contribution in [-0.2, 0) is 0 Å². The highest BCUT2D eigenvalue weighted by atomic mass is 15.1. The number of nitrogens with zero attached hydrogens (tertiary/aromatic N) is 2. The van der Waals surface area contributed by atoms with E-state index in [4.69, 9.17) is 0 Å². The van der Waals surface area contributed by atoms with Gasteiger partial charge in [0.05, 0.1) is 11.4 Å². The molecule has 1 N–H and O–H groups in total. The quantitative estimate of drug-likeness (QED) is 0.901. The highest BCUT2D eigenvalue weighted by Gasteiger charge is 2.04. The Balaban J connectivity index is 2.29. The molecule has 0 spiro atoms. The molecule has 0 atom stereocenters. The smallest absolute Gasteiger partial charge is 0.0621 e. The van der Waals surface area contributed by atoms with Crippen molar-refractivity contribution in [2.75, 3.05) is 43.3 Å². The first-order chi connectivity index (χ1) is 9.08. The molecule has 0 fully saturated rings. The fourth-order valence-corrected chi connectivity index (χ4v) is 1.99. The molecule has 0 amide bonds. The molecule has 0 saturated heterocycles. The van der Waals surface area contributed by atoms with E-state index in [-0.39, 0.29) is 0 Å². The predicted molar refractivity (Wildman–Crippen MR) is 84.8 cm³/mol. The fraction of sp³-hybridized carbons (Fsp3) is 0.250. The second-order valence-electron chi connectivity index (χ2n) is 4.98. The first-order valence-corrected chi connectivity index (χ1v) is 6.38. The van der Waals surface area contributed by atoms with Crippen LogP contribution in [0.3, 0.4) is 0 Å². The standard InChI is InChI=1S/C16H21N3/c1-18(2)14-9-7-8-13(12-14)17-15-10-5-6-11-16(15)19(3)4/h5-12,17H,1-4H3. The molecule has 3 heteroatoms. The van der Waals surface area contributed by atoms with Gasteiger partial charge in [0, 0.05) is 39.6 Å². The Hall–Kier alpha value is -2.16. The van der Waals surface area contributed by atoms with Gasteiger partial charge in [0.1, 0.15) is 0 Å². The van der Waals surface area contributed by atoms with Gasteiger partial charge in [0.15, 0.2) is 0 Å². The summed E-state index contributed by atoms with van der Waals surface area (Å²) in [7, 11) is 8.20. The number of benzene rings is 2. The zero-order valence-corrected chi connectivity index (χ0v) is 12.0. The Morgan fingerprint density at radius 3 is 2.21 bits per heavy atom. The molecule has 0 aliphatic carbocycles. The molecule has 2 aromatic rings. The summed E-state index contributed by atoms with van der Waals surface area (Å²) in [5, 5.41) is 3.48. The summed E-state index contributed by atoms with van der Waals surface area (Å²) in [6, 6.07) is 16.7. The molecule has 19 heavy (non-hydrogen) atoms. The SMILES string of the molecule is CN(C)c1cccc(Nc2ccccc2N(C)C)c1. The summed E-state index contributed by atoms with van der Waals surface area (Å²) in [4.78, 5) is 4.21. The minimum Gasteiger partial charge on any atom is -0.378 e. The molecule has 0 bridgehead atoms. The molecule has 2 aromatic carbocycles. The molecule has 0 radical (unpaired) electrons. The summed E-state index contributed by atoms with van der Waals surface area (Å²) in [6.45, 7) is 0. The van der Waals surface area contributed by atoms with Crippen LogP contribution in [-0.4, -0.2) is 28.2 Å². The number of hydrogen-bond acceptors (Lipinski definition) is 3. The number of nitrogens with one attached hydrogen (secondary N) is 1. The van der Waals surface area contributed by atoms with Crippen molar-refractivity contribution >= 4 is 22.7 Å². The summed E-state index contributed by atoms with van der Waals surface area (Å²) in [5.74, 6) is 0. The minimum atomic E-state index is 1.10. The van der Waals surface area contributed by atoms with Gasteiger partial charge >= 0.3 is 0 Å². The van der Waals surface area contributed by atoms with Crippen molar-refractivity contribution in [2.24, 2.45) is 0 Å². The summed E-state index contributed by atoms with van der Waals surface area (Å²) >= 11 is 0. The lowest BCUT2D eigenvalue weighted by Gasteiger charge is -2.19. The Bertz CT molecular complexity index is 547. The van der Waals surface area contributed by atoms with Crippen molar-refractivity contribution in [1.82, 2.24) is 0 Å². The van der Waals surface area contributed by atoms with E-state index in [0.717, 1.165) is 11.4 Å². The molecule has 0 aliphatic rings. The third-order valence-corrected chi connectivity index (χ3v) is 3.03. The van der Waals surface area contributed by atoms with Gasteiger partial charge in [-0.2, -0.15) is 0 Å². The van der Waals surface area contributed by atoms with Crippen LogP contribution in [0, 0.1) is 0 Å². The maximum absolute atomic E-state index is 3.48. The highest BCUT2D eigenvalue weighted by molar-refractivity contribution is 5.76. The topological polar surface area (TPSA) is 18.5 Å². The largest absolute Gasteiger partial charge is 0.378 e. The van der Waals surface area contributed by atoms with Crippen molar-refractivity contribution in [2.45, 2.75) is 0 Å². The van der Waals surface area contributed by atoms with E-state index < -0.39 is 0 Å². The Morgan fingerprint density at radius 1 is 0.789 bits per heavy atom. The Labute approximate surface area is 115 Å². The molecule has 0 saturated carbocycles. The lowest BCUT2D eigenvalue weighted by atomic mass is 10.2. The van der Waals surface area contributed by atoms with E-state index in [1.165, 1.54) is 11.4 Å². The molecule has 0 aromatic heterocycles. The van der Waals surface area contributed by atoms with E-state index >= 15 is 0 Å². The van der Waals surface area contributed by atoms with Crippen LogP contribution in [0.15, 0.2) is 48.5 Å². The number of hydrogen-bond donors (Lipinski definition) is 1. The van der Waals surface area contributed by atoms with Crippen LogP contribution in [0.1, 0.15) is 0 Å². The maximum Gasteiger partial charge on any atom is 0.0621 e. The van der Waals surface area contributed by atoms with Crippen molar-refractivity contribution in [3.63, 3.8) is 0 Å². The summed E-state index contributed by atoms with van der Waals surface area (Å²) in [6.07, 6.45) is 0. The Kier molecular flexibility index (Phi) is 3.95. The van der Waals surface area contributed by atoms with Crippen LogP contribution < -0.4 is 15.1 Å². The maximum atomic E-state index is 3.48. The second kappa shape index (κ2) is 5.65. The van der Waals surface area contributed by atoms with Gasteiger partial charge < -0.3 is 15.1 Å². The monoisotopic (exact) mass is 255 g/mol. The van der Waals surface area contributed by atoms with Gasteiger partial charge in [0.2, 0.25) is 0 Å². The van der Waals surface area contributed by atoms with Crippen molar-refractivity contribution < 1.29 is 0 Å². The van der Waals surface area contributed by atoms with Gasteiger partial charge in [-0.15, -0.1) is 0 Å². The molecule has 0 heterocycles. The zero-order valence-electron chi connectivity index (χ0n) is 12.0. The van der Waals surface area contributed by atoms with Gasteiger partial charge in [0.25, 0.3) is 0 Å². The van der Waals surface area contributed by atoms with Gasteiger partial charge in [-0.05, 0) is 30.3 Å². The molecule has 0 unspecified atom stereocenters. The number of anilines is 4. The zero-order chi connectivity index (χ0) is 13.8. The normalized spacial score (nSPS) is 10.1. The lowest BCUT2D eigenvalue weighted by molar-refractivity contribution is 1.13. The van der Waals surface area contributed by atoms with Crippen LogP contribution >= 0.6 is 0 Å². The Morgan fingerprint density at radius 2 is 1.53 bits per heavy atom. The molecule has 2 rings (SSSR count). The van der Waals surface area contributed by atoms with E-state index in [0.29, 0.717) is 0 Å². The van der Waals surface area contributed by atoms with Crippen molar-refractivity contribution in [3.05, 3.63) is 48.5 Å². The van der Waals surface area contributed by atoms with Crippen molar-refractivity contribution in [3.8, 4) is 0 Å². The first-order valence-electron chi connectivity index (χ1n) is 6.38. The number of para-hydroxylation sites is 2. The third kappa shape index (κ3) is 3.19. The van der Waals surface area contributed by atoms with Gasteiger partial charge in [-0.25, -0.2) is 0 Å². The predicted octanol–water partition coefficient (Wildman–Crippen LogP) is 3.56. The van der Waals surface area contributed by atoms with Crippen LogP contribution in [0.5, 0.6) is 0 Å². The van der Waals surface area contributed by atoms with Gasteiger partial charge in [-0.3, -0.25) is 0 Å². The van der Waals surface area contributed by atoms with E-state index in [2.05, 4.69) is 71.7 Å². The fourth-order valence-electron chi connectivity index (χ4n) is 1.99.